The normalized spacial score (nSPS) is 11.0. The van der Waals surface area contributed by atoms with E-state index >= 15 is 0 Å². The average Bonchev–Trinajstić information content (AvgIpc) is 2.72. The van der Waals surface area contributed by atoms with Crippen molar-refractivity contribution >= 4 is 0 Å². The summed E-state index contributed by atoms with van der Waals surface area (Å²) in [6.07, 6.45) is 3.43. The number of hydrogen-bond donors (Lipinski definition) is 0. The summed E-state index contributed by atoms with van der Waals surface area (Å²) in [4.78, 5) is 12.3. The van der Waals surface area contributed by atoms with Crippen molar-refractivity contribution < 1.29 is 8.78 Å². The summed E-state index contributed by atoms with van der Waals surface area (Å²) in [6.45, 7) is 4.92. The summed E-state index contributed by atoms with van der Waals surface area (Å²) in [5.74, 6) is -1.77. The first kappa shape index (κ1) is 14.5. The van der Waals surface area contributed by atoms with E-state index in [1.807, 2.05) is 13.8 Å². The van der Waals surface area contributed by atoms with Crippen molar-refractivity contribution in [1.29, 1.82) is 0 Å². The van der Waals surface area contributed by atoms with Crippen molar-refractivity contribution in [2.24, 2.45) is 0 Å². The number of rotatable bonds is 5. The van der Waals surface area contributed by atoms with Gasteiger partial charge in [-0.25, -0.2) is 13.6 Å². The molecule has 0 bridgehead atoms. The molecule has 2 aromatic rings. The van der Waals surface area contributed by atoms with Gasteiger partial charge in [-0.05, 0) is 30.5 Å². The number of benzene rings is 1. The van der Waals surface area contributed by atoms with Crippen LogP contribution in [0.1, 0.15) is 31.5 Å². The van der Waals surface area contributed by atoms with Crippen molar-refractivity contribution in [2.75, 3.05) is 0 Å². The number of aryl methyl sites for hydroxylation is 1. The van der Waals surface area contributed by atoms with E-state index in [0.29, 0.717) is 12.1 Å². The molecule has 0 unspecified atom stereocenters. The molecule has 108 valence electrons. The lowest BCUT2D eigenvalue weighted by Crippen LogP contribution is -2.25. The molecule has 0 saturated heterocycles. The molecular formula is C15H18F2N2O. The number of aromatic nitrogens is 2. The van der Waals surface area contributed by atoms with E-state index in [2.05, 4.69) is 0 Å². The van der Waals surface area contributed by atoms with Crippen LogP contribution in [0.3, 0.4) is 0 Å². The molecule has 3 nitrogen and oxygen atoms in total. The maximum Gasteiger partial charge on any atom is 0.328 e. The van der Waals surface area contributed by atoms with Crippen molar-refractivity contribution in [2.45, 2.75) is 39.8 Å². The molecule has 0 spiro atoms. The lowest BCUT2D eigenvalue weighted by Gasteiger charge is -2.03. The zero-order chi connectivity index (χ0) is 14.7. The lowest BCUT2D eigenvalue weighted by atomic mass is 10.2. The van der Waals surface area contributed by atoms with Crippen molar-refractivity contribution in [3.63, 3.8) is 0 Å². The molecule has 0 amide bonds. The first-order chi connectivity index (χ1) is 9.56. The average molecular weight is 280 g/mol. The Bertz CT molecular complexity index is 658. The Balaban J connectivity index is 2.33. The first-order valence-corrected chi connectivity index (χ1v) is 6.79. The highest BCUT2D eigenvalue weighted by Crippen LogP contribution is 2.10. The monoisotopic (exact) mass is 280 g/mol. The highest BCUT2D eigenvalue weighted by molar-refractivity contribution is 5.18. The minimum atomic E-state index is -0.890. The van der Waals surface area contributed by atoms with Gasteiger partial charge in [-0.3, -0.25) is 9.13 Å². The van der Waals surface area contributed by atoms with Gasteiger partial charge in [0.1, 0.15) is 0 Å². The van der Waals surface area contributed by atoms with Crippen LogP contribution in [0.5, 0.6) is 0 Å². The second kappa shape index (κ2) is 6.03. The predicted molar refractivity (Wildman–Crippen MR) is 73.8 cm³/mol. The van der Waals surface area contributed by atoms with Gasteiger partial charge in [0.2, 0.25) is 0 Å². The highest BCUT2D eigenvalue weighted by Gasteiger charge is 2.10. The summed E-state index contributed by atoms with van der Waals surface area (Å²) < 4.78 is 29.4. The molecule has 1 aromatic heterocycles. The SMILES string of the molecule is CCCn1c(CC)cn(Cc2ccc(F)c(F)c2)c1=O. The molecule has 0 radical (unpaired) electrons. The zero-order valence-corrected chi connectivity index (χ0v) is 11.7. The van der Waals surface area contributed by atoms with Gasteiger partial charge in [0.25, 0.3) is 0 Å². The van der Waals surface area contributed by atoms with E-state index < -0.39 is 11.6 Å². The van der Waals surface area contributed by atoms with Gasteiger partial charge in [0.15, 0.2) is 11.6 Å². The van der Waals surface area contributed by atoms with E-state index in [1.54, 1.807) is 15.3 Å². The van der Waals surface area contributed by atoms with E-state index in [9.17, 15) is 13.6 Å². The summed E-state index contributed by atoms with van der Waals surface area (Å²) in [6, 6.07) is 3.71. The highest BCUT2D eigenvalue weighted by atomic mass is 19.2. The maximum atomic E-state index is 13.2. The van der Waals surface area contributed by atoms with Crippen LogP contribution in [-0.2, 0) is 19.5 Å². The van der Waals surface area contributed by atoms with Crippen molar-refractivity contribution in [1.82, 2.24) is 9.13 Å². The molecule has 1 aromatic carbocycles. The van der Waals surface area contributed by atoms with Gasteiger partial charge < -0.3 is 0 Å². The molecule has 0 atom stereocenters. The Morgan fingerprint density at radius 1 is 1.15 bits per heavy atom. The fourth-order valence-corrected chi connectivity index (χ4v) is 2.28. The molecule has 20 heavy (non-hydrogen) atoms. The molecule has 0 N–H and O–H groups in total. The summed E-state index contributed by atoms with van der Waals surface area (Å²) in [5.41, 5.74) is 1.43. The fourth-order valence-electron chi connectivity index (χ4n) is 2.28. The van der Waals surface area contributed by atoms with Crippen LogP contribution in [0.4, 0.5) is 8.78 Å². The van der Waals surface area contributed by atoms with Gasteiger partial charge in [-0.15, -0.1) is 0 Å². The second-order valence-electron chi connectivity index (χ2n) is 4.78. The third kappa shape index (κ3) is 2.81. The quantitative estimate of drug-likeness (QED) is 0.827. The summed E-state index contributed by atoms with van der Waals surface area (Å²) >= 11 is 0. The van der Waals surface area contributed by atoms with Crippen LogP contribution in [0.25, 0.3) is 0 Å². The third-order valence-corrected chi connectivity index (χ3v) is 3.27. The second-order valence-corrected chi connectivity index (χ2v) is 4.78. The van der Waals surface area contributed by atoms with Crippen molar-refractivity contribution in [3.8, 4) is 0 Å². The maximum absolute atomic E-state index is 13.2. The molecule has 0 aliphatic carbocycles. The van der Waals surface area contributed by atoms with Crippen LogP contribution in [0, 0.1) is 11.6 Å². The van der Waals surface area contributed by atoms with Gasteiger partial charge in [0.05, 0.1) is 6.54 Å². The number of imidazole rings is 1. The molecule has 0 fully saturated rings. The summed E-state index contributed by atoms with van der Waals surface area (Å²) in [5, 5.41) is 0. The number of halogens is 2. The first-order valence-electron chi connectivity index (χ1n) is 6.79. The Hall–Kier alpha value is -1.91. The minimum absolute atomic E-state index is 0.103. The molecule has 5 heteroatoms. The molecule has 0 saturated carbocycles. The van der Waals surface area contributed by atoms with Gasteiger partial charge in [0, 0.05) is 18.4 Å². The summed E-state index contributed by atoms with van der Waals surface area (Å²) in [7, 11) is 0. The van der Waals surface area contributed by atoms with Crippen LogP contribution in [0.15, 0.2) is 29.2 Å². The Kier molecular flexibility index (Phi) is 4.37. The Morgan fingerprint density at radius 3 is 2.50 bits per heavy atom. The molecule has 1 heterocycles. The third-order valence-electron chi connectivity index (χ3n) is 3.27. The van der Waals surface area contributed by atoms with Gasteiger partial charge >= 0.3 is 5.69 Å². The predicted octanol–water partition coefficient (Wildman–Crippen LogP) is 2.95. The molecular weight excluding hydrogens is 262 g/mol. The zero-order valence-electron chi connectivity index (χ0n) is 11.7. The van der Waals surface area contributed by atoms with E-state index in [0.717, 1.165) is 30.7 Å². The smallest absolute Gasteiger partial charge is 0.296 e. The molecule has 0 aliphatic rings. The van der Waals surface area contributed by atoms with E-state index in [1.165, 1.54) is 6.07 Å². The van der Waals surface area contributed by atoms with Crippen LogP contribution < -0.4 is 5.69 Å². The van der Waals surface area contributed by atoms with Crippen molar-refractivity contribution in [3.05, 3.63) is 57.8 Å². The topological polar surface area (TPSA) is 26.9 Å². The number of hydrogen-bond acceptors (Lipinski definition) is 1. The van der Waals surface area contributed by atoms with Gasteiger partial charge in [-0.2, -0.15) is 0 Å². The lowest BCUT2D eigenvalue weighted by molar-refractivity contribution is 0.506. The minimum Gasteiger partial charge on any atom is -0.296 e. The number of nitrogens with zero attached hydrogens (tertiary/aromatic N) is 2. The van der Waals surface area contributed by atoms with Crippen LogP contribution in [0.2, 0.25) is 0 Å². The molecule has 0 aliphatic heterocycles. The fraction of sp³-hybridized carbons (Fsp3) is 0.400. The Morgan fingerprint density at radius 2 is 1.90 bits per heavy atom. The van der Waals surface area contributed by atoms with E-state index in [-0.39, 0.29) is 12.2 Å². The molecule has 2 rings (SSSR count). The standard InChI is InChI=1S/C15H18F2N2O/c1-3-7-19-12(4-2)10-18(15(19)20)9-11-5-6-13(16)14(17)8-11/h5-6,8,10H,3-4,7,9H2,1-2H3. The largest absolute Gasteiger partial charge is 0.328 e. The van der Waals surface area contributed by atoms with Crippen LogP contribution >= 0.6 is 0 Å². The van der Waals surface area contributed by atoms with Crippen LogP contribution in [-0.4, -0.2) is 9.13 Å². The van der Waals surface area contributed by atoms with E-state index in [4.69, 9.17) is 0 Å². The van der Waals surface area contributed by atoms with Gasteiger partial charge in [-0.1, -0.05) is 19.9 Å². The Labute approximate surface area is 116 Å².